The molecular formula is C29H23NO4. The lowest BCUT2D eigenvalue weighted by Gasteiger charge is -2.25. The maximum atomic E-state index is 13.4. The summed E-state index contributed by atoms with van der Waals surface area (Å²) in [6.07, 6.45) is 0. The van der Waals surface area contributed by atoms with Crippen molar-refractivity contribution in [3.05, 3.63) is 114 Å². The molecule has 5 rings (SSSR count). The van der Waals surface area contributed by atoms with Gasteiger partial charge >= 0.3 is 0 Å². The van der Waals surface area contributed by atoms with E-state index in [0.29, 0.717) is 29.2 Å². The number of ketones is 1. The van der Waals surface area contributed by atoms with Crippen molar-refractivity contribution in [3.8, 4) is 5.75 Å². The summed E-state index contributed by atoms with van der Waals surface area (Å²) in [6.45, 7) is 2.38. The van der Waals surface area contributed by atoms with Gasteiger partial charge in [-0.05, 0) is 47.5 Å². The van der Waals surface area contributed by atoms with Crippen LogP contribution in [0.3, 0.4) is 0 Å². The highest BCUT2D eigenvalue weighted by atomic mass is 16.5. The van der Waals surface area contributed by atoms with Gasteiger partial charge in [-0.3, -0.25) is 14.5 Å². The second kappa shape index (κ2) is 8.87. The quantitative estimate of drug-likeness (QED) is 0.235. The third-order valence-corrected chi connectivity index (χ3v) is 6.01. The molecule has 5 heteroatoms. The van der Waals surface area contributed by atoms with Crippen molar-refractivity contribution in [1.29, 1.82) is 0 Å². The largest absolute Gasteiger partial charge is 0.507 e. The Morgan fingerprint density at radius 1 is 0.882 bits per heavy atom. The SMILES string of the molecule is CCOc1cccc(C2/C(=C(/O)c3cccc4ccccc34)C(=O)C(=O)N2c2ccccc2)c1. The number of Topliss-reactive ketones (excluding diaryl/α,β-unsaturated/α-hetero) is 1. The maximum Gasteiger partial charge on any atom is 0.300 e. The molecule has 4 aromatic carbocycles. The molecule has 0 saturated carbocycles. The van der Waals surface area contributed by atoms with Crippen LogP contribution in [0.5, 0.6) is 5.75 Å². The molecule has 0 bridgehead atoms. The summed E-state index contributed by atoms with van der Waals surface area (Å²) in [7, 11) is 0. The average molecular weight is 450 g/mol. The Morgan fingerprint density at radius 3 is 2.38 bits per heavy atom. The van der Waals surface area contributed by atoms with Crippen molar-refractivity contribution in [2.24, 2.45) is 0 Å². The highest BCUT2D eigenvalue weighted by Crippen LogP contribution is 2.43. The van der Waals surface area contributed by atoms with Gasteiger partial charge in [-0.2, -0.15) is 0 Å². The number of rotatable bonds is 5. The first kappa shape index (κ1) is 21.5. The molecule has 0 aliphatic carbocycles. The Hall–Kier alpha value is -4.38. The van der Waals surface area contributed by atoms with Gasteiger partial charge in [0.05, 0.1) is 18.2 Å². The molecule has 0 radical (unpaired) electrons. The lowest BCUT2D eigenvalue weighted by Crippen LogP contribution is -2.29. The molecule has 1 heterocycles. The van der Waals surface area contributed by atoms with E-state index >= 15 is 0 Å². The van der Waals surface area contributed by atoms with Crippen molar-refractivity contribution in [1.82, 2.24) is 0 Å². The van der Waals surface area contributed by atoms with E-state index < -0.39 is 17.7 Å². The number of carbonyl (C=O) groups is 2. The summed E-state index contributed by atoms with van der Waals surface area (Å²) in [4.78, 5) is 28.2. The van der Waals surface area contributed by atoms with Gasteiger partial charge < -0.3 is 9.84 Å². The number of anilines is 1. The van der Waals surface area contributed by atoms with Gasteiger partial charge in [0.15, 0.2) is 0 Å². The Balaban J connectivity index is 1.77. The van der Waals surface area contributed by atoms with Gasteiger partial charge in [-0.15, -0.1) is 0 Å². The second-order valence-electron chi connectivity index (χ2n) is 8.04. The van der Waals surface area contributed by atoms with E-state index in [2.05, 4.69) is 0 Å². The van der Waals surface area contributed by atoms with E-state index in [9.17, 15) is 14.7 Å². The van der Waals surface area contributed by atoms with Gasteiger partial charge in [0.1, 0.15) is 11.5 Å². The zero-order valence-electron chi connectivity index (χ0n) is 18.6. The normalized spacial score (nSPS) is 17.3. The number of ether oxygens (including phenoxy) is 1. The minimum absolute atomic E-state index is 0.0545. The van der Waals surface area contributed by atoms with Crippen LogP contribution in [0.1, 0.15) is 24.1 Å². The van der Waals surface area contributed by atoms with Gasteiger partial charge in [0.25, 0.3) is 11.7 Å². The fourth-order valence-corrected chi connectivity index (χ4v) is 4.52. The number of aliphatic hydroxyl groups is 1. The average Bonchev–Trinajstić information content (AvgIpc) is 3.14. The molecule has 0 spiro atoms. The van der Waals surface area contributed by atoms with Crippen LogP contribution in [0, 0.1) is 0 Å². The van der Waals surface area contributed by atoms with Crippen LogP contribution in [-0.2, 0) is 9.59 Å². The zero-order chi connectivity index (χ0) is 23.7. The van der Waals surface area contributed by atoms with Gasteiger partial charge in [0.2, 0.25) is 0 Å². The second-order valence-corrected chi connectivity index (χ2v) is 8.04. The van der Waals surface area contributed by atoms with Crippen molar-refractivity contribution in [3.63, 3.8) is 0 Å². The summed E-state index contributed by atoms with van der Waals surface area (Å²) in [5.41, 5.74) is 1.82. The Kier molecular flexibility index (Phi) is 5.60. The van der Waals surface area contributed by atoms with E-state index in [-0.39, 0.29) is 11.3 Å². The molecule has 5 nitrogen and oxygen atoms in total. The molecule has 1 aliphatic heterocycles. The molecule has 1 amide bonds. The number of amides is 1. The number of aliphatic hydroxyl groups excluding tert-OH is 1. The Labute approximate surface area is 197 Å². The summed E-state index contributed by atoms with van der Waals surface area (Å²) >= 11 is 0. The van der Waals surface area contributed by atoms with E-state index in [1.165, 1.54) is 4.90 Å². The van der Waals surface area contributed by atoms with E-state index in [1.54, 1.807) is 18.2 Å². The van der Waals surface area contributed by atoms with Crippen LogP contribution in [0.25, 0.3) is 16.5 Å². The van der Waals surface area contributed by atoms with Crippen LogP contribution in [0.15, 0.2) is 103 Å². The van der Waals surface area contributed by atoms with Gasteiger partial charge in [-0.25, -0.2) is 0 Å². The monoisotopic (exact) mass is 449 g/mol. The first-order chi connectivity index (χ1) is 16.6. The summed E-state index contributed by atoms with van der Waals surface area (Å²) in [6, 6.07) is 28.7. The number of nitrogens with zero attached hydrogens (tertiary/aromatic N) is 1. The molecule has 1 fully saturated rings. The zero-order valence-corrected chi connectivity index (χ0v) is 18.6. The maximum absolute atomic E-state index is 13.4. The molecule has 0 aromatic heterocycles. The summed E-state index contributed by atoms with van der Waals surface area (Å²) in [5.74, 6) is -0.967. The molecule has 1 unspecified atom stereocenters. The summed E-state index contributed by atoms with van der Waals surface area (Å²) < 4.78 is 5.67. The molecule has 1 saturated heterocycles. The number of carbonyl (C=O) groups excluding carboxylic acids is 2. The molecule has 4 aromatic rings. The molecular weight excluding hydrogens is 426 g/mol. The lowest BCUT2D eigenvalue weighted by atomic mass is 9.93. The number of para-hydroxylation sites is 1. The standard InChI is InChI=1S/C29H23NO4/c1-2-34-22-15-8-12-20(18-22)26-25(28(32)29(33)30(26)21-13-4-3-5-14-21)27(31)24-17-9-11-19-10-6-7-16-23(19)24/h3-18,26,31H,2H2,1H3/b27-25-. The lowest BCUT2D eigenvalue weighted by molar-refractivity contribution is -0.132. The predicted octanol–water partition coefficient (Wildman–Crippen LogP) is 5.86. The fraction of sp³-hybridized carbons (Fsp3) is 0.103. The molecule has 1 N–H and O–H groups in total. The third-order valence-electron chi connectivity index (χ3n) is 6.01. The van der Waals surface area contributed by atoms with Crippen molar-refractivity contribution >= 4 is 33.9 Å². The topological polar surface area (TPSA) is 66.8 Å². The van der Waals surface area contributed by atoms with E-state index in [0.717, 1.165) is 10.8 Å². The number of fused-ring (bicyclic) bond motifs is 1. The number of hydrogen-bond acceptors (Lipinski definition) is 4. The van der Waals surface area contributed by atoms with Gasteiger partial charge in [-0.1, -0.05) is 72.8 Å². The number of benzene rings is 4. The first-order valence-corrected chi connectivity index (χ1v) is 11.2. The van der Waals surface area contributed by atoms with Crippen molar-refractivity contribution in [2.75, 3.05) is 11.5 Å². The minimum Gasteiger partial charge on any atom is -0.507 e. The fourth-order valence-electron chi connectivity index (χ4n) is 4.52. The van der Waals surface area contributed by atoms with Crippen LogP contribution in [0.4, 0.5) is 5.69 Å². The van der Waals surface area contributed by atoms with Crippen LogP contribution in [0.2, 0.25) is 0 Å². The van der Waals surface area contributed by atoms with Crippen LogP contribution in [-0.4, -0.2) is 23.4 Å². The third kappa shape index (κ3) is 3.61. The van der Waals surface area contributed by atoms with Crippen molar-refractivity contribution in [2.45, 2.75) is 13.0 Å². The predicted molar refractivity (Wildman–Crippen MR) is 133 cm³/mol. The molecule has 168 valence electrons. The van der Waals surface area contributed by atoms with E-state index in [4.69, 9.17) is 4.74 Å². The minimum atomic E-state index is -0.804. The highest BCUT2D eigenvalue weighted by molar-refractivity contribution is 6.51. The van der Waals surface area contributed by atoms with Crippen LogP contribution < -0.4 is 9.64 Å². The summed E-state index contributed by atoms with van der Waals surface area (Å²) in [5, 5.41) is 13.3. The molecule has 1 aliphatic rings. The highest BCUT2D eigenvalue weighted by Gasteiger charge is 2.47. The molecule has 1 atom stereocenters. The number of hydrogen-bond donors (Lipinski definition) is 1. The Bertz CT molecular complexity index is 1420. The van der Waals surface area contributed by atoms with Crippen LogP contribution >= 0.6 is 0 Å². The van der Waals surface area contributed by atoms with Gasteiger partial charge in [0, 0.05) is 11.3 Å². The first-order valence-electron chi connectivity index (χ1n) is 11.2. The van der Waals surface area contributed by atoms with Crippen molar-refractivity contribution < 1.29 is 19.4 Å². The Morgan fingerprint density at radius 2 is 1.59 bits per heavy atom. The smallest absolute Gasteiger partial charge is 0.300 e. The molecule has 34 heavy (non-hydrogen) atoms. The van der Waals surface area contributed by atoms with E-state index in [1.807, 2.05) is 85.8 Å².